The van der Waals surface area contributed by atoms with Crippen LogP contribution in [0.4, 0.5) is 4.39 Å². The molecule has 6 nitrogen and oxygen atoms in total. The monoisotopic (exact) mass is 422 g/mol. The number of piperidine rings is 1. The van der Waals surface area contributed by atoms with Crippen LogP contribution in [0.3, 0.4) is 0 Å². The second kappa shape index (κ2) is 9.29. The van der Waals surface area contributed by atoms with Gasteiger partial charge in [0.1, 0.15) is 11.6 Å². The van der Waals surface area contributed by atoms with Gasteiger partial charge < -0.3 is 14.8 Å². The SMILES string of the molecule is Cn1c(CNC(=O)CCC2CCN(C(=O)c3ccccc3F)CC2)nc2ccccc21. The van der Waals surface area contributed by atoms with Crippen molar-refractivity contribution in [1.29, 1.82) is 0 Å². The molecule has 31 heavy (non-hydrogen) atoms. The van der Waals surface area contributed by atoms with Crippen LogP contribution in [0.2, 0.25) is 0 Å². The lowest BCUT2D eigenvalue weighted by molar-refractivity contribution is -0.121. The Morgan fingerprint density at radius 1 is 1.10 bits per heavy atom. The first-order valence-corrected chi connectivity index (χ1v) is 10.7. The maximum Gasteiger partial charge on any atom is 0.256 e. The van der Waals surface area contributed by atoms with Gasteiger partial charge in [0.25, 0.3) is 5.91 Å². The zero-order valence-electron chi connectivity index (χ0n) is 17.7. The number of fused-ring (bicyclic) bond motifs is 1. The van der Waals surface area contributed by atoms with E-state index in [4.69, 9.17) is 0 Å². The van der Waals surface area contributed by atoms with Gasteiger partial charge in [0, 0.05) is 26.6 Å². The molecule has 0 radical (unpaired) electrons. The number of hydrogen-bond acceptors (Lipinski definition) is 3. The fraction of sp³-hybridized carbons (Fsp3) is 0.375. The highest BCUT2D eigenvalue weighted by Gasteiger charge is 2.25. The number of halogens is 1. The number of rotatable bonds is 6. The van der Waals surface area contributed by atoms with E-state index in [9.17, 15) is 14.0 Å². The van der Waals surface area contributed by atoms with Gasteiger partial charge in [-0.3, -0.25) is 9.59 Å². The van der Waals surface area contributed by atoms with Crippen molar-refractivity contribution in [2.75, 3.05) is 13.1 Å². The fourth-order valence-electron chi connectivity index (χ4n) is 4.18. The van der Waals surface area contributed by atoms with Gasteiger partial charge in [0.15, 0.2) is 0 Å². The van der Waals surface area contributed by atoms with Crippen LogP contribution in [0.1, 0.15) is 41.9 Å². The number of nitrogens with one attached hydrogen (secondary N) is 1. The third-order valence-corrected chi connectivity index (χ3v) is 6.11. The third kappa shape index (κ3) is 4.76. The van der Waals surface area contributed by atoms with Crippen molar-refractivity contribution in [2.45, 2.75) is 32.2 Å². The highest BCUT2D eigenvalue weighted by Crippen LogP contribution is 2.23. The van der Waals surface area contributed by atoms with Gasteiger partial charge in [0.05, 0.1) is 23.1 Å². The van der Waals surface area contributed by atoms with Crippen LogP contribution in [-0.4, -0.2) is 39.4 Å². The number of carbonyl (C=O) groups excluding carboxylic acids is 2. The lowest BCUT2D eigenvalue weighted by Crippen LogP contribution is -2.39. The standard InChI is InChI=1S/C24H27FN4O2/c1-28-21-9-5-4-8-20(21)27-22(28)16-26-23(30)11-10-17-12-14-29(15-13-17)24(31)18-6-2-3-7-19(18)25/h2-9,17H,10-16H2,1H3,(H,26,30). The van der Waals surface area contributed by atoms with Crippen LogP contribution >= 0.6 is 0 Å². The molecule has 0 saturated carbocycles. The van der Waals surface area contributed by atoms with E-state index in [2.05, 4.69) is 10.3 Å². The van der Waals surface area contributed by atoms with Crippen LogP contribution in [-0.2, 0) is 18.4 Å². The van der Waals surface area contributed by atoms with Gasteiger partial charge in [-0.15, -0.1) is 0 Å². The molecule has 0 aliphatic carbocycles. The molecule has 0 unspecified atom stereocenters. The summed E-state index contributed by atoms with van der Waals surface area (Å²) in [6.07, 6.45) is 2.91. The summed E-state index contributed by atoms with van der Waals surface area (Å²) in [6, 6.07) is 14.0. The number of carbonyl (C=O) groups is 2. The second-order valence-electron chi connectivity index (χ2n) is 8.11. The number of amides is 2. The normalized spacial score (nSPS) is 14.7. The zero-order chi connectivity index (χ0) is 21.8. The Hall–Kier alpha value is -3.22. The highest BCUT2D eigenvalue weighted by atomic mass is 19.1. The molecule has 1 aliphatic rings. The number of para-hydroxylation sites is 2. The molecule has 2 amide bonds. The van der Waals surface area contributed by atoms with E-state index in [-0.39, 0.29) is 17.4 Å². The van der Waals surface area contributed by atoms with Crippen LogP contribution < -0.4 is 5.32 Å². The lowest BCUT2D eigenvalue weighted by Gasteiger charge is -2.32. The molecule has 0 atom stereocenters. The number of aryl methyl sites for hydroxylation is 1. The fourth-order valence-corrected chi connectivity index (χ4v) is 4.18. The van der Waals surface area contributed by atoms with E-state index in [0.29, 0.717) is 32.0 Å². The van der Waals surface area contributed by atoms with E-state index in [1.165, 1.54) is 12.1 Å². The van der Waals surface area contributed by atoms with Crippen LogP contribution in [0.25, 0.3) is 11.0 Å². The smallest absolute Gasteiger partial charge is 0.256 e. The molecule has 1 N–H and O–H groups in total. The number of aromatic nitrogens is 2. The molecule has 7 heteroatoms. The molecular formula is C24H27FN4O2. The molecule has 2 aromatic carbocycles. The molecule has 2 heterocycles. The predicted octanol–water partition coefficient (Wildman–Crippen LogP) is 3.66. The Bertz CT molecular complexity index is 1090. The van der Waals surface area contributed by atoms with Crippen molar-refractivity contribution >= 4 is 22.8 Å². The van der Waals surface area contributed by atoms with Gasteiger partial charge in [0.2, 0.25) is 5.91 Å². The first kappa shape index (κ1) is 21.0. The van der Waals surface area contributed by atoms with E-state index < -0.39 is 5.82 Å². The largest absolute Gasteiger partial charge is 0.349 e. The van der Waals surface area contributed by atoms with Crippen molar-refractivity contribution in [3.8, 4) is 0 Å². The summed E-state index contributed by atoms with van der Waals surface area (Å²) in [5, 5.41) is 2.97. The van der Waals surface area contributed by atoms with Crippen molar-refractivity contribution in [1.82, 2.24) is 19.8 Å². The Morgan fingerprint density at radius 2 is 1.81 bits per heavy atom. The highest BCUT2D eigenvalue weighted by molar-refractivity contribution is 5.94. The summed E-state index contributed by atoms with van der Waals surface area (Å²) in [7, 11) is 1.95. The van der Waals surface area contributed by atoms with Gasteiger partial charge in [-0.1, -0.05) is 24.3 Å². The van der Waals surface area contributed by atoms with Crippen LogP contribution in [0, 0.1) is 11.7 Å². The summed E-state index contributed by atoms with van der Waals surface area (Å²) in [6.45, 7) is 1.60. The Kier molecular flexibility index (Phi) is 6.30. The number of hydrogen-bond donors (Lipinski definition) is 1. The number of benzene rings is 2. The molecule has 4 rings (SSSR count). The van der Waals surface area contributed by atoms with Gasteiger partial charge in [-0.2, -0.15) is 0 Å². The number of likely N-dealkylation sites (tertiary alicyclic amines) is 1. The Balaban J connectivity index is 1.21. The minimum absolute atomic E-state index is 0.0110. The van der Waals surface area contributed by atoms with Crippen molar-refractivity contribution in [2.24, 2.45) is 13.0 Å². The van der Waals surface area contributed by atoms with Crippen molar-refractivity contribution in [3.63, 3.8) is 0 Å². The molecular weight excluding hydrogens is 395 g/mol. The van der Waals surface area contributed by atoms with Crippen molar-refractivity contribution in [3.05, 3.63) is 65.7 Å². The third-order valence-electron chi connectivity index (χ3n) is 6.11. The minimum Gasteiger partial charge on any atom is -0.349 e. The molecule has 1 fully saturated rings. The minimum atomic E-state index is -0.480. The summed E-state index contributed by atoms with van der Waals surface area (Å²) < 4.78 is 15.9. The first-order valence-electron chi connectivity index (χ1n) is 10.7. The summed E-state index contributed by atoms with van der Waals surface area (Å²) in [5.41, 5.74) is 2.09. The van der Waals surface area contributed by atoms with E-state index in [1.807, 2.05) is 35.9 Å². The summed E-state index contributed by atoms with van der Waals surface area (Å²) in [4.78, 5) is 31.1. The molecule has 1 aromatic heterocycles. The average Bonchev–Trinajstić information content (AvgIpc) is 3.12. The van der Waals surface area contributed by atoms with Crippen LogP contribution in [0.15, 0.2) is 48.5 Å². The number of imidazole rings is 1. The molecule has 0 spiro atoms. The zero-order valence-corrected chi connectivity index (χ0v) is 17.7. The van der Waals surface area contributed by atoms with Gasteiger partial charge in [-0.05, 0) is 49.4 Å². The predicted molar refractivity (Wildman–Crippen MR) is 117 cm³/mol. The molecule has 162 valence electrons. The Labute approximate surface area is 181 Å². The summed E-state index contributed by atoms with van der Waals surface area (Å²) >= 11 is 0. The van der Waals surface area contributed by atoms with E-state index >= 15 is 0 Å². The first-order chi connectivity index (χ1) is 15.0. The maximum absolute atomic E-state index is 13.9. The van der Waals surface area contributed by atoms with E-state index in [0.717, 1.165) is 36.1 Å². The molecule has 1 saturated heterocycles. The second-order valence-corrected chi connectivity index (χ2v) is 8.11. The summed E-state index contributed by atoms with van der Waals surface area (Å²) in [5.74, 6) is 0.501. The lowest BCUT2D eigenvalue weighted by atomic mass is 9.91. The number of nitrogens with zero attached hydrogens (tertiary/aromatic N) is 3. The molecule has 0 bridgehead atoms. The van der Waals surface area contributed by atoms with E-state index in [1.54, 1.807) is 17.0 Å². The van der Waals surface area contributed by atoms with Crippen LogP contribution in [0.5, 0.6) is 0 Å². The van der Waals surface area contributed by atoms with Crippen molar-refractivity contribution < 1.29 is 14.0 Å². The molecule has 1 aliphatic heterocycles. The van der Waals surface area contributed by atoms with Gasteiger partial charge in [-0.25, -0.2) is 9.37 Å². The quantitative estimate of drug-likeness (QED) is 0.659. The van der Waals surface area contributed by atoms with Gasteiger partial charge >= 0.3 is 0 Å². The maximum atomic E-state index is 13.9. The topological polar surface area (TPSA) is 67.2 Å². The Morgan fingerprint density at radius 3 is 2.55 bits per heavy atom. The molecule has 3 aromatic rings. The average molecular weight is 423 g/mol.